The molecule has 1 heterocycles. The Morgan fingerprint density at radius 2 is 1.92 bits per heavy atom. The highest BCUT2D eigenvalue weighted by Gasteiger charge is 2.42. The van der Waals surface area contributed by atoms with Crippen molar-refractivity contribution in [2.75, 3.05) is 11.6 Å². The molecule has 78 valence electrons. The van der Waals surface area contributed by atoms with Crippen LogP contribution in [-0.2, 0) is 11.2 Å². The Hall–Kier alpha value is 0.270. The Bertz CT molecular complexity index is 176. The Morgan fingerprint density at radius 1 is 1.38 bits per heavy atom. The minimum absolute atomic E-state index is 0.246. The molecule has 0 spiro atoms. The molecule has 0 aliphatic carbocycles. The standard InChI is InChI=1S/C10H21NOS/c1-8(2)11-7-13(12)6-9(11)10(3,4)5/h8-9H,6-7H2,1-5H3. The molecule has 0 amide bonds. The number of hydrogen-bond donors (Lipinski definition) is 0. The van der Waals surface area contributed by atoms with E-state index < -0.39 is 11.2 Å². The summed E-state index contributed by atoms with van der Waals surface area (Å²) in [6.45, 7) is 11.1. The van der Waals surface area contributed by atoms with Crippen molar-refractivity contribution in [3.63, 3.8) is 0 Å². The lowest BCUT2D eigenvalue weighted by Crippen LogP contribution is -2.44. The largest absolute Gasteiger partial charge is 0.615 e. The second-order valence-corrected chi connectivity index (χ2v) is 6.70. The van der Waals surface area contributed by atoms with Gasteiger partial charge in [0.25, 0.3) is 0 Å². The zero-order chi connectivity index (χ0) is 10.2. The van der Waals surface area contributed by atoms with E-state index in [1.54, 1.807) is 0 Å². The summed E-state index contributed by atoms with van der Waals surface area (Å²) in [5.74, 6) is 1.61. The van der Waals surface area contributed by atoms with Gasteiger partial charge in [-0.3, -0.25) is 4.90 Å². The van der Waals surface area contributed by atoms with Gasteiger partial charge in [-0.1, -0.05) is 20.8 Å². The van der Waals surface area contributed by atoms with E-state index in [1.807, 2.05) is 0 Å². The molecule has 2 atom stereocenters. The highest BCUT2D eigenvalue weighted by Crippen LogP contribution is 2.32. The SMILES string of the molecule is CC(C)N1C[S+]([O-])CC1C(C)(C)C. The quantitative estimate of drug-likeness (QED) is 0.608. The fourth-order valence-electron chi connectivity index (χ4n) is 1.84. The van der Waals surface area contributed by atoms with Gasteiger partial charge in [0, 0.05) is 6.04 Å². The van der Waals surface area contributed by atoms with Crippen molar-refractivity contribution in [2.45, 2.75) is 46.7 Å². The Labute approximate surface area is 84.9 Å². The molecule has 1 aliphatic rings. The van der Waals surface area contributed by atoms with Gasteiger partial charge in [-0.05, 0) is 30.4 Å². The minimum atomic E-state index is -0.624. The first-order valence-corrected chi connectivity index (χ1v) is 6.42. The average Bonchev–Trinajstić information content (AvgIpc) is 2.29. The molecular formula is C10H21NOS. The first-order chi connectivity index (χ1) is 5.82. The molecule has 1 aliphatic heterocycles. The van der Waals surface area contributed by atoms with Crippen molar-refractivity contribution in [1.82, 2.24) is 4.90 Å². The zero-order valence-electron chi connectivity index (χ0n) is 9.33. The lowest BCUT2D eigenvalue weighted by molar-refractivity contribution is 0.119. The molecule has 2 nitrogen and oxygen atoms in total. The van der Waals surface area contributed by atoms with Crippen LogP contribution in [0.5, 0.6) is 0 Å². The third-order valence-corrected chi connectivity index (χ3v) is 3.97. The summed E-state index contributed by atoms with van der Waals surface area (Å²) in [4.78, 5) is 2.37. The smallest absolute Gasteiger partial charge is 0.160 e. The predicted octanol–water partition coefficient (Wildman–Crippen LogP) is 1.83. The predicted molar refractivity (Wildman–Crippen MR) is 58.1 cm³/mol. The molecule has 0 aromatic rings. The highest BCUT2D eigenvalue weighted by atomic mass is 32.2. The van der Waals surface area contributed by atoms with Crippen LogP contribution in [0.1, 0.15) is 34.6 Å². The van der Waals surface area contributed by atoms with Crippen molar-refractivity contribution in [1.29, 1.82) is 0 Å². The minimum Gasteiger partial charge on any atom is -0.615 e. The summed E-state index contributed by atoms with van der Waals surface area (Å²) in [5.41, 5.74) is 0.246. The summed E-state index contributed by atoms with van der Waals surface area (Å²) >= 11 is -0.624. The maximum atomic E-state index is 11.5. The normalized spacial score (nSPS) is 31.6. The maximum Gasteiger partial charge on any atom is 0.160 e. The van der Waals surface area contributed by atoms with Crippen LogP contribution in [0.2, 0.25) is 0 Å². The second-order valence-electron chi connectivity index (χ2n) is 5.23. The van der Waals surface area contributed by atoms with Crippen molar-refractivity contribution < 1.29 is 4.55 Å². The Kier molecular flexibility index (Phi) is 3.31. The molecule has 0 aromatic heterocycles. The third-order valence-electron chi connectivity index (χ3n) is 2.70. The van der Waals surface area contributed by atoms with Gasteiger partial charge in [-0.25, -0.2) is 0 Å². The summed E-state index contributed by atoms with van der Waals surface area (Å²) in [7, 11) is 0. The van der Waals surface area contributed by atoms with E-state index in [0.717, 1.165) is 11.6 Å². The fourth-order valence-corrected chi connectivity index (χ4v) is 3.80. The second kappa shape index (κ2) is 3.79. The van der Waals surface area contributed by atoms with Crippen LogP contribution in [0.25, 0.3) is 0 Å². The van der Waals surface area contributed by atoms with Crippen LogP contribution in [0.15, 0.2) is 0 Å². The van der Waals surface area contributed by atoms with Gasteiger partial charge < -0.3 is 4.55 Å². The van der Waals surface area contributed by atoms with E-state index in [1.165, 1.54) is 0 Å². The molecule has 1 fully saturated rings. The van der Waals surface area contributed by atoms with Gasteiger partial charge in [0.05, 0.1) is 6.04 Å². The van der Waals surface area contributed by atoms with Crippen molar-refractivity contribution in [3.8, 4) is 0 Å². The summed E-state index contributed by atoms with van der Waals surface area (Å²) in [6, 6.07) is 0.990. The molecule has 2 unspecified atom stereocenters. The highest BCUT2D eigenvalue weighted by molar-refractivity contribution is 7.91. The van der Waals surface area contributed by atoms with Crippen LogP contribution < -0.4 is 0 Å². The van der Waals surface area contributed by atoms with E-state index >= 15 is 0 Å². The Morgan fingerprint density at radius 3 is 2.23 bits per heavy atom. The van der Waals surface area contributed by atoms with E-state index in [0.29, 0.717) is 12.1 Å². The first-order valence-electron chi connectivity index (χ1n) is 4.93. The lowest BCUT2D eigenvalue weighted by Gasteiger charge is -2.34. The van der Waals surface area contributed by atoms with Crippen molar-refractivity contribution in [2.24, 2.45) is 5.41 Å². The van der Waals surface area contributed by atoms with Gasteiger partial charge in [-0.2, -0.15) is 0 Å². The van der Waals surface area contributed by atoms with Crippen LogP contribution >= 0.6 is 0 Å². The third kappa shape index (κ3) is 2.61. The van der Waals surface area contributed by atoms with E-state index in [-0.39, 0.29) is 5.41 Å². The molecular weight excluding hydrogens is 182 g/mol. The van der Waals surface area contributed by atoms with Crippen LogP contribution in [-0.4, -0.2) is 33.2 Å². The molecule has 0 radical (unpaired) electrons. The molecule has 0 saturated carbocycles. The first kappa shape index (κ1) is 11.3. The van der Waals surface area contributed by atoms with Gasteiger partial charge in [-0.15, -0.1) is 0 Å². The van der Waals surface area contributed by atoms with Crippen molar-refractivity contribution >= 4 is 11.2 Å². The number of nitrogens with zero attached hydrogens (tertiary/aromatic N) is 1. The van der Waals surface area contributed by atoms with Crippen LogP contribution in [0.3, 0.4) is 0 Å². The molecule has 1 rings (SSSR count). The fraction of sp³-hybridized carbons (Fsp3) is 1.00. The Balaban J connectivity index is 2.72. The van der Waals surface area contributed by atoms with Crippen molar-refractivity contribution in [3.05, 3.63) is 0 Å². The zero-order valence-corrected chi connectivity index (χ0v) is 10.1. The van der Waals surface area contributed by atoms with Gasteiger partial charge in [0.2, 0.25) is 0 Å². The molecule has 3 heteroatoms. The topological polar surface area (TPSA) is 26.3 Å². The van der Waals surface area contributed by atoms with Crippen LogP contribution in [0, 0.1) is 5.41 Å². The summed E-state index contributed by atoms with van der Waals surface area (Å²) < 4.78 is 11.5. The monoisotopic (exact) mass is 203 g/mol. The molecule has 0 N–H and O–H groups in total. The van der Waals surface area contributed by atoms with Gasteiger partial charge >= 0.3 is 0 Å². The van der Waals surface area contributed by atoms with E-state index in [4.69, 9.17) is 0 Å². The maximum absolute atomic E-state index is 11.5. The molecule has 1 saturated heterocycles. The number of hydrogen-bond acceptors (Lipinski definition) is 2. The summed E-state index contributed by atoms with van der Waals surface area (Å²) in [6.07, 6.45) is 0. The molecule has 0 aromatic carbocycles. The van der Waals surface area contributed by atoms with E-state index in [2.05, 4.69) is 39.5 Å². The van der Waals surface area contributed by atoms with Crippen LogP contribution in [0.4, 0.5) is 0 Å². The number of rotatable bonds is 1. The molecule has 13 heavy (non-hydrogen) atoms. The molecule has 0 bridgehead atoms. The van der Waals surface area contributed by atoms with Gasteiger partial charge in [0.15, 0.2) is 5.88 Å². The van der Waals surface area contributed by atoms with E-state index in [9.17, 15) is 4.55 Å². The average molecular weight is 203 g/mol. The van der Waals surface area contributed by atoms with Gasteiger partial charge in [0.1, 0.15) is 5.75 Å². The summed E-state index contributed by atoms with van der Waals surface area (Å²) in [5, 5.41) is 0. The lowest BCUT2D eigenvalue weighted by atomic mass is 9.86.